The van der Waals surface area contributed by atoms with E-state index in [0.717, 1.165) is 69.8 Å². The summed E-state index contributed by atoms with van der Waals surface area (Å²) in [5.41, 5.74) is 0.758. The topological polar surface area (TPSA) is 54.3 Å². The third-order valence-electron chi connectivity index (χ3n) is 5.58. The number of amides is 1. The first-order valence-corrected chi connectivity index (χ1v) is 9.77. The van der Waals surface area contributed by atoms with Gasteiger partial charge in [-0.25, -0.2) is 9.97 Å². The molecule has 4 heterocycles. The molecule has 2 aliphatic rings. The Balaban J connectivity index is 1.52. The second-order valence-electron chi connectivity index (χ2n) is 7.26. The zero-order valence-electron chi connectivity index (χ0n) is 15.5. The summed E-state index contributed by atoms with van der Waals surface area (Å²) in [4.78, 5) is 26.1. The minimum atomic E-state index is 0.140. The molecule has 0 saturated carbocycles. The Kier molecular flexibility index (Phi) is 4.91. The lowest BCUT2D eigenvalue weighted by atomic mass is 9.97. The first-order chi connectivity index (χ1) is 12.8. The van der Waals surface area contributed by atoms with Gasteiger partial charge in [0.15, 0.2) is 0 Å². The van der Waals surface area contributed by atoms with Crippen LogP contribution in [0.2, 0.25) is 0 Å². The quantitative estimate of drug-likeness (QED) is 0.848. The molecule has 2 aromatic heterocycles. The van der Waals surface area contributed by atoms with Gasteiger partial charge in [0.1, 0.15) is 11.6 Å². The largest absolute Gasteiger partial charge is 0.356 e. The number of carbonyl (C=O) groups excluding carboxylic acids is 1. The maximum absolute atomic E-state index is 12.7. The minimum absolute atomic E-state index is 0.140. The number of anilines is 1. The molecule has 1 amide bonds. The van der Waals surface area contributed by atoms with Crippen LogP contribution in [0.4, 0.5) is 5.82 Å². The molecule has 0 spiro atoms. The number of nitrogens with zero attached hydrogens (tertiary/aromatic N) is 5. The van der Waals surface area contributed by atoms with Crippen LogP contribution in [-0.2, 0) is 6.54 Å². The van der Waals surface area contributed by atoms with Gasteiger partial charge in [-0.05, 0) is 44.7 Å². The number of hydrogen-bond acceptors (Lipinski definition) is 4. The monoisotopic (exact) mass is 353 g/mol. The van der Waals surface area contributed by atoms with Crippen molar-refractivity contribution in [1.29, 1.82) is 0 Å². The summed E-state index contributed by atoms with van der Waals surface area (Å²) < 4.78 is 2.23. The number of carbonyl (C=O) groups is 1. The van der Waals surface area contributed by atoms with Crippen molar-refractivity contribution in [3.05, 3.63) is 42.1 Å². The number of likely N-dealkylation sites (tertiary alicyclic amines) is 1. The maximum atomic E-state index is 12.7. The van der Waals surface area contributed by atoms with Crippen molar-refractivity contribution in [1.82, 2.24) is 19.4 Å². The maximum Gasteiger partial charge on any atom is 0.254 e. The molecule has 6 heteroatoms. The highest BCUT2D eigenvalue weighted by Gasteiger charge is 2.26. The molecule has 2 saturated heterocycles. The number of imidazole rings is 1. The van der Waals surface area contributed by atoms with Crippen molar-refractivity contribution in [2.75, 3.05) is 31.1 Å². The SMILES string of the molecule is CCn1ccnc1[C@@H]1CCCN(c2cc(C(=O)N3CCCC3)ccn2)C1. The molecule has 2 fully saturated rings. The zero-order valence-corrected chi connectivity index (χ0v) is 15.5. The Morgan fingerprint density at radius 2 is 2.00 bits per heavy atom. The van der Waals surface area contributed by atoms with Crippen LogP contribution in [0, 0.1) is 0 Å². The molecule has 0 aliphatic carbocycles. The normalized spacial score (nSPS) is 20.6. The summed E-state index contributed by atoms with van der Waals surface area (Å²) in [7, 11) is 0. The lowest BCUT2D eigenvalue weighted by Gasteiger charge is -2.33. The smallest absolute Gasteiger partial charge is 0.254 e. The number of pyridine rings is 1. The van der Waals surface area contributed by atoms with Gasteiger partial charge in [0, 0.05) is 62.8 Å². The van der Waals surface area contributed by atoms with E-state index < -0.39 is 0 Å². The van der Waals surface area contributed by atoms with Gasteiger partial charge < -0.3 is 14.4 Å². The molecule has 2 aliphatic heterocycles. The molecule has 0 unspecified atom stereocenters. The van der Waals surface area contributed by atoms with Crippen molar-refractivity contribution in [3.8, 4) is 0 Å². The van der Waals surface area contributed by atoms with Crippen LogP contribution in [0.3, 0.4) is 0 Å². The van der Waals surface area contributed by atoms with E-state index in [9.17, 15) is 4.79 Å². The highest BCUT2D eigenvalue weighted by atomic mass is 16.2. The predicted octanol–water partition coefficient (Wildman–Crippen LogP) is 2.92. The van der Waals surface area contributed by atoms with Gasteiger partial charge in [-0.15, -0.1) is 0 Å². The Labute approximate surface area is 154 Å². The fourth-order valence-electron chi connectivity index (χ4n) is 4.17. The van der Waals surface area contributed by atoms with E-state index in [4.69, 9.17) is 0 Å². The van der Waals surface area contributed by atoms with E-state index in [1.807, 2.05) is 23.2 Å². The number of rotatable bonds is 4. The molecular weight excluding hydrogens is 326 g/mol. The van der Waals surface area contributed by atoms with E-state index in [0.29, 0.717) is 5.92 Å². The predicted molar refractivity (Wildman–Crippen MR) is 101 cm³/mol. The van der Waals surface area contributed by atoms with Gasteiger partial charge in [0.2, 0.25) is 0 Å². The van der Waals surface area contributed by atoms with Gasteiger partial charge in [0.05, 0.1) is 0 Å². The number of piperidine rings is 1. The van der Waals surface area contributed by atoms with E-state index in [-0.39, 0.29) is 5.91 Å². The van der Waals surface area contributed by atoms with Crippen LogP contribution in [0.1, 0.15) is 54.7 Å². The summed E-state index contributed by atoms with van der Waals surface area (Å²) in [6, 6.07) is 3.81. The summed E-state index contributed by atoms with van der Waals surface area (Å²) in [5.74, 6) is 2.63. The first kappa shape index (κ1) is 17.1. The molecule has 2 aromatic rings. The van der Waals surface area contributed by atoms with E-state index in [1.54, 1.807) is 6.20 Å². The molecular formula is C20H27N5O. The van der Waals surface area contributed by atoms with Gasteiger partial charge in [-0.2, -0.15) is 0 Å². The summed E-state index contributed by atoms with van der Waals surface area (Å²) in [5, 5.41) is 0. The highest BCUT2D eigenvalue weighted by Crippen LogP contribution is 2.29. The van der Waals surface area contributed by atoms with E-state index >= 15 is 0 Å². The average Bonchev–Trinajstić information content (AvgIpc) is 3.39. The second kappa shape index (κ2) is 7.48. The van der Waals surface area contributed by atoms with Crippen LogP contribution in [0.15, 0.2) is 30.7 Å². The Morgan fingerprint density at radius 3 is 2.81 bits per heavy atom. The van der Waals surface area contributed by atoms with Crippen LogP contribution < -0.4 is 4.90 Å². The first-order valence-electron chi connectivity index (χ1n) is 9.77. The molecule has 138 valence electrons. The third kappa shape index (κ3) is 3.32. The molecule has 4 rings (SSSR count). The molecule has 0 bridgehead atoms. The minimum Gasteiger partial charge on any atom is -0.356 e. The van der Waals surface area contributed by atoms with Crippen molar-refractivity contribution < 1.29 is 4.79 Å². The zero-order chi connectivity index (χ0) is 17.9. The molecule has 0 N–H and O–H groups in total. The lowest BCUT2D eigenvalue weighted by Crippen LogP contribution is -2.36. The highest BCUT2D eigenvalue weighted by molar-refractivity contribution is 5.95. The van der Waals surface area contributed by atoms with E-state index in [2.05, 4.69) is 32.6 Å². The summed E-state index contributed by atoms with van der Waals surface area (Å²) >= 11 is 0. The molecule has 0 radical (unpaired) electrons. The van der Waals surface area contributed by atoms with Crippen molar-refractivity contribution in [2.24, 2.45) is 0 Å². The fraction of sp³-hybridized carbons (Fsp3) is 0.550. The van der Waals surface area contributed by atoms with Crippen molar-refractivity contribution in [3.63, 3.8) is 0 Å². The molecule has 6 nitrogen and oxygen atoms in total. The standard InChI is InChI=1S/C20H27N5O/c1-2-23-13-9-22-19(23)17-6-5-12-25(15-17)18-14-16(7-8-21-18)20(26)24-10-3-4-11-24/h7-9,13-14,17H,2-6,10-12,15H2,1H3/t17-/m1/s1. The van der Waals surface area contributed by atoms with E-state index in [1.165, 1.54) is 5.82 Å². The van der Waals surface area contributed by atoms with Crippen LogP contribution in [-0.4, -0.2) is 51.5 Å². The van der Waals surface area contributed by atoms with Crippen LogP contribution in [0.25, 0.3) is 0 Å². The van der Waals surface area contributed by atoms with Crippen molar-refractivity contribution >= 4 is 11.7 Å². The summed E-state index contributed by atoms with van der Waals surface area (Å²) in [6.45, 7) is 6.75. The molecule has 1 atom stereocenters. The Morgan fingerprint density at radius 1 is 1.15 bits per heavy atom. The Bertz CT molecular complexity index is 765. The second-order valence-corrected chi connectivity index (χ2v) is 7.26. The average molecular weight is 353 g/mol. The lowest BCUT2D eigenvalue weighted by molar-refractivity contribution is 0.0792. The fourth-order valence-corrected chi connectivity index (χ4v) is 4.17. The number of hydrogen-bond donors (Lipinski definition) is 0. The molecule has 26 heavy (non-hydrogen) atoms. The van der Waals surface area contributed by atoms with Gasteiger partial charge in [0.25, 0.3) is 5.91 Å². The number of aryl methyl sites for hydroxylation is 1. The summed E-state index contributed by atoms with van der Waals surface area (Å²) in [6.07, 6.45) is 10.2. The van der Waals surface area contributed by atoms with Gasteiger partial charge in [-0.3, -0.25) is 4.79 Å². The third-order valence-corrected chi connectivity index (χ3v) is 5.58. The molecule has 0 aromatic carbocycles. The number of aromatic nitrogens is 3. The van der Waals surface area contributed by atoms with Crippen molar-refractivity contribution in [2.45, 2.75) is 45.1 Å². The van der Waals surface area contributed by atoms with Gasteiger partial charge in [-0.1, -0.05) is 0 Å². The van der Waals surface area contributed by atoms with Crippen LogP contribution >= 0.6 is 0 Å². The Hall–Kier alpha value is -2.37. The van der Waals surface area contributed by atoms with Gasteiger partial charge >= 0.3 is 0 Å². The van der Waals surface area contributed by atoms with Crippen LogP contribution in [0.5, 0.6) is 0 Å².